The van der Waals surface area contributed by atoms with Crippen LogP contribution in [-0.4, -0.2) is 0 Å². The zero-order valence-corrected chi connectivity index (χ0v) is 85.7. The number of rotatable bonds is 14. The molecule has 22 aromatic carbocycles. The maximum Gasteiger partial charge on any atom is 0.0543 e. The van der Waals surface area contributed by atoms with Gasteiger partial charge in [-0.05, 0) is 360 Å². The Morgan fingerprint density at radius 3 is 0.819 bits per heavy atom. The fraction of sp³-hybridized carbons (Fsp3) is 0.200. The molecule has 0 saturated heterocycles. The van der Waals surface area contributed by atoms with Crippen molar-refractivity contribution in [2.24, 2.45) is 0 Å². The number of aryl methyl sites for hydroxylation is 6. The third kappa shape index (κ3) is 12.6. The molecule has 28 rings (SSSR count). The summed E-state index contributed by atoms with van der Waals surface area (Å²) in [6.45, 7) is 38.5. The molecule has 6 aliphatic carbocycles. The van der Waals surface area contributed by atoms with Gasteiger partial charge in [0.25, 0.3) is 0 Å². The van der Waals surface area contributed by atoms with E-state index in [0.717, 1.165) is 38.5 Å². The second-order valence-corrected chi connectivity index (χ2v) is 45.8. The number of hydrogen-bond donors (Lipinski definition) is 0. The minimum atomic E-state index is -0.230. The molecule has 0 aliphatic heterocycles. The zero-order chi connectivity index (χ0) is 98.0. The highest BCUT2D eigenvalue weighted by molar-refractivity contribution is 6.33. The first kappa shape index (κ1) is 87.6. The molecule has 6 aliphatic rings. The van der Waals surface area contributed by atoms with E-state index in [4.69, 9.17) is 0 Å². The lowest BCUT2D eigenvalue weighted by Gasteiger charge is -2.38. The number of fused-ring (bicyclic) bond motifs is 14. The first-order valence-corrected chi connectivity index (χ1v) is 52.6. The predicted molar refractivity (Wildman–Crippen MR) is 615 cm³/mol. The highest BCUT2D eigenvalue weighted by Gasteiger charge is 2.47. The van der Waals surface area contributed by atoms with Crippen LogP contribution in [0.1, 0.15) is 199 Å². The van der Waals surface area contributed by atoms with Crippen LogP contribution >= 0.6 is 0 Å². The fourth-order valence-corrected chi connectivity index (χ4v) is 28.2. The molecule has 0 bridgehead atoms. The first-order valence-electron chi connectivity index (χ1n) is 52.6. The van der Waals surface area contributed by atoms with Gasteiger partial charge in [-0.3, -0.25) is 0 Å². The van der Waals surface area contributed by atoms with Crippen molar-refractivity contribution in [2.45, 2.75) is 182 Å². The number of anilines is 12. The molecule has 0 heterocycles. The number of hydrogen-bond acceptors (Lipinski definition) is 4. The Bertz CT molecular complexity index is 9240. The van der Waals surface area contributed by atoms with Crippen LogP contribution in [0.15, 0.2) is 364 Å². The second-order valence-electron chi connectivity index (χ2n) is 45.8. The van der Waals surface area contributed by atoms with Crippen LogP contribution in [0.4, 0.5) is 68.2 Å². The number of nitrogens with zero attached hydrogens (tertiary/aromatic N) is 4. The van der Waals surface area contributed by atoms with Gasteiger partial charge in [0, 0.05) is 76.7 Å². The van der Waals surface area contributed by atoms with E-state index in [9.17, 15) is 0 Å². The van der Waals surface area contributed by atoms with E-state index in [1.165, 1.54) is 288 Å². The highest BCUT2D eigenvalue weighted by Crippen LogP contribution is 2.65. The van der Waals surface area contributed by atoms with Gasteiger partial charge in [0.15, 0.2) is 0 Å². The van der Waals surface area contributed by atoms with Crippen LogP contribution in [-0.2, 0) is 58.2 Å². The molecule has 22 aromatic rings. The minimum absolute atomic E-state index is 0.0277. The van der Waals surface area contributed by atoms with Gasteiger partial charge in [0.05, 0.1) is 45.5 Å². The quantitative estimate of drug-likeness (QED) is 0.101. The maximum absolute atomic E-state index is 2.66. The van der Waals surface area contributed by atoms with Crippen molar-refractivity contribution in [3.8, 4) is 44.5 Å². The highest BCUT2D eigenvalue weighted by atomic mass is 15.2. The Morgan fingerprint density at radius 1 is 0.208 bits per heavy atom. The van der Waals surface area contributed by atoms with E-state index >= 15 is 0 Å². The van der Waals surface area contributed by atoms with Crippen molar-refractivity contribution < 1.29 is 0 Å². The molecule has 0 radical (unpaired) electrons. The van der Waals surface area contributed by atoms with Crippen LogP contribution in [0.5, 0.6) is 0 Å². The van der Waals surface area contributed by atoms with Gasteiger partial charge >= 0.3 is 0 Å². The summed E-state index contributed by atoms with van der Waals surface area (Å²) < 4.78 is 0. The first-order chi connectivity index (χ1) is 69.7. The molecule has 0 aromatic heterocycles. The molecule has 0 atom stereocenters. The normalized spacial score (nSPS) is 15.5. The second kappa shape index (κ2) is 31.6. The van der Waals surface area contributed by atoms with Crippen molar-refractivity contribution in [3.05, 3.63) is 453 Å². The van der Waals surface area contributed by atoms with Crippen molar-refractivity contribution in [2.75, 3.05) is 19.6 Å². The molecule has 0 N–H and O–H groups in total. The summed E-state index contributed by atoms with van der Waals surface area (Å²) >= 11 is 0. The average Bonchev–Trinajstić information content (AvgIpc) is 1.03. The van der Waals surface area contributed by atoms with E-state index in [-0.39, 0.29) is 32.5 Å². The van der Waals surface area contributed by atoms with Gasteiger partial charge in [-0.1, -0.05) is 352 Å². The molecule has 0 fully saturated rings. The summed E-state index contributed by atoms with van der Waals surface area (Å²) in [5.41, 5.74) is 46.5. The smallest absolute Gasteiger partial charge is 0.0543 e. The fourth-order valence-electron chi connectivity index (χ4n) is 28.2. The average molecular weight is 1860 g/mol. The van der Waals surface area contributed by atoms with Gasteiger partial charge in [-0.15, -0.1) is 0 Å². The molecule has 700 valence electrons. The Labute approximate surface area is 847 Å². The van der Waals surface area contributed by atoms with E-state index in [0.29, 0.717) is 0 Å². The van der Waals surface area contributed by atoms with Gasteiger partial charge in [-0.2, -0.15) is 0 Å². The Balaban J connectivity index is 0.000000144. The van der Waals surface area contributed by atoms with Crippen LogP contribution in [0, 0.1) is 13.8 Å². The molecular formula is C140H120N4. The molecule has 0 spiro atoms. The predicted octanol–water partition coefficient (Wildman–Crippen LogP) is 38.8. The van der Waals surface area contributed by atoms with Crippen molar-refractivity contribution in [1.82, 2.24) is 0 Å². The summed E-state index contributed by atoms with van der Waals surface area (Å²) in [6, 6.07) is 140. The summed E-state index contributed by atoms with van der Waals surface area (Å²) in [5, 5.41) is 21.3. The molecule has 144 heavy (non-hydrogen) atoms. The third-order valence-corrected chi connectivity index (χ3v) is 35.2. The lowest BCUT2D eigenvalue weighted by atomic mass is 9.70. The summed E-state index contributed by atoms with van der Waals surface area (Å²) in [7, 11) is 0. The zero-order valence-electron chi connectivity index (χ0n) is 85.7. The molecule has 4 nitrogen and oxygen atoms in total. The summed E-state index contributed by atoms with van der Waals surface area (Å²) in [6.07, 6.45) is 6.02. The molecule has 0 saturated carbocycles. The van der Waals surface area contributed by atoms with Gasteiger partial charge in [-0.25, -0.2) is 0 Å². The van der Waals surface area contributed by atoms with Crippen LogP contribution in [0.2, 0.25) is 0 Å². The van der Waals surface area contributed by atoms with Gasteiger partial charge in [0.1, 0.15) is 0 Å². The third-order valence-electron chi connectivity index (χ3n) is 35.2. The minimum Gasteiger partial charge on any atom is -0.310 e. The van der Waals surface area contributed by atoms with Gasteiger partial charge < -0.3 is 19.6 Å². The topological polar surface area (TPSA) is 13.0 Å². The lowest BCUT2D eigenvalue weighted by molar-refractivity contribution is 0.475. The molecular weight excluding hydrogens is 1740 g/mol. The van der Waals surface area contributed by atoms with Crippen molar-refractivity contribution in [3.63, 3.8) is 0 Å². The molecule has 4 heteroatoms. The summed E-state index contributed by atoms with van der Waals surface area (Å²) in [4.78, 5) is 10.6. The SMILES string of the molecule is CCc1cc(N(c2ccc3ccccc3c2)c2cccc3c2C(C)(C)c2ccccc2-3)c2cc3c4c(cc(N(c5ccc6ccccc6c5)c5cccc6c5C(C)(C)c5ccccc5-6)c5ccc1c2c54)CCC3(C)C.CCc1cc(N(c2cccc(C)c2)c2cccc3c2C(C)(C)c2ccccc2-3)c2cc3c4c(cc(N(c5cccc(C)c5)c5cccc6c5C(C)(C)c5ccccc5-6)c5ccc1c2c54)CCC3(C)C. The van der Waals surface area contributed by atoms with E-state index < -0.39 is 0 Å². The monoisotopic (exact) mass is 1860 g/mol. The number of benzene rings is 22. The van der Waals surface area contributed by atoms with Crippen LogP contribution < -0.4 is 19.6 Å². The van der Waals surface area contributed by atoms with E-state index in [1.807, 2.05) is 0 Å². The van der Waals surface area contributed by atoms with Crippen LogP contribution in [0.3, 0.4) is 0 Å². The molecule has 0 amide bonds. The van der Waals surface area contributed by atoms with E-state index in [1.54, 1.807) is 0 Å². The Kier molecular flexibility index (Phi) is 19.2. The standard InChI is InChI=1S/C73H60N2.C67H60N2/c1-8-44-41-65(75(51-34-32-46-20-10-12-22-48(46)40-51)63-30-18-26-56-54-24-14-16-28-60(54)73(6,7)70(56)63)58-43-61-66-49(37-38-71(61,2)3)42-64(57-36-35-52(44)67(58)68(57)66)74(50-33-31-45-19-9-11-21-47(45)39-50)62-29-17-25-55-53-23-13-15-27-59(53)72(4,5)69(55)62;1-10-42-37-59(69(45-22-16-20-41(3)36-45)57-30-18-26-50-48-24-12-14-28-54(48)67(8,9)64(50)57)52-39-55-60-43(33-34-65(55,4)5)38-58(51-32-31-46(42)61(52)62(51)60)68(44-21-15-19-40(2)35-44)56-29-17-25-49-47-23-11-13-27-53(47)66(6,7)63(49)56/h9-36,39-43H,8,37-38H2,1-7H3;11-32,35-39H,10,33-34H2,1-9H3. The Hall–Kier alpha value is -15.4. The van der Waals surface area contributed by atoms with E-state index in [2.05, 4.69) is 494 Å². The lowest BCUT2D eigenvalue weighted by Crippen LogP contribution is -2.24. The van der Waals surface area contributed by atoms with Gasteiger partial charge in [0.2, 0.25) is 0 Å². The van der Waals surface area contributed by atoms with Crippen LogP contribution in [0.25, 0.3) is 131 Å². The Morgan fingerprint density at radius 2 is 0.493 bits per heavy atom. The largest absolute Gasteiger partial charge is 0.310 e. The molecule has 0 unspecified atom stereocenters. The maximum atomic E-state index is 2.66. The summed E-state index contributed by atoms with van der Waals surface area (Å²) in [5.74, 6) is 0. The van der Waals surface area contributed by atoms with Crippen molar-refractivity contribution in [1.29, 1.82) is 0 Å². The van der Waals surface area contributed by atoms with Crippen molar-refractivity contribution >= 4 is 154 Å².